The second kappa shape index (κ2) is 12.3. The van der Waals surface area contributed by atoms with Crippen molar-refractivity contribution in [1.82, 2.24) is 4.98 Å². The molecule has 1 atom stereocenters. The molecule has 0 aliphatic carbocycles. The van der Waals surface area contributed by atoms with E-state index in [0.717, 1.165) is 16.9 Å². The molecule has 0 saturated carbocycles. The quantitative estimate of drug-likeness (QED) is 0.343. The van der Waals surface area contributed by atoms with E-state index in [-0.39, 0.29) is 19.1 Å². The number of aryl methyl sites for hydroxylation is 1. The zero-order valence-electron chi connectivity index (χ0n) is 20.9. The van der Waals surface area contributed by atoms with Gasteiger partial charge in [0.1, 0.15) is 35.3 Å². The first-order chi connectivity index (χ1) is 16.8. The number of rotatable bonds is 13. The third-order valence-electron chi connectivity index (χ3n) is 5.13. The van der Waals surface area contributed by atoms with E-state index >= 15 is 0 Å². The number of carboxylic acids is 1. The van der Waals surface area contributed by atoms with E-state index in [1.165, 1.54) is 0 Å². The molecule has 8 heteroatoms. The minimum atomic E-state index is -1.01. The minimum Gasteiger partial charge on any atom is -0.493 e. The van der Waals surface area contributed by atoms with Gasteiger partial charge in [0, 0.05) is 24.7 Å². The number of aliphatic carboxylic acids is 1. The van der Waals surface area contributed by atoms with Gasteiger partial charge in [-0.1, -0.05) is 6.07 Å². The molecule has 0 aliphatic rings. The van der Waals surface area contributed by atoms with Crippen molar-refractivity contribution in [1.29, 1.82) is 0 Å². The van der Waals surface area contributed by atoms with Crippen LogP contribution in [0.2, 0.25) is 0 Å². The van der Waals surface area contributed by atoms with Gasteiger partial charge in [0.05, 0.1) is 12.7 Å². The summed E-state index contributed by atoms with van der Waals surface area (Å²) < 4.78 is 28.6. The summed E-state index contributed by atoms with van der Waals surface area (Å²) in [5.74, 6) is 2.12. The highest BCUT2D eigenvalue weighted by atomic mass is 16.5. The Kier molecular flexibility index (Phi) is 9.14. The van der Waals surface area contributed by atoms with Gasteiger partial charge in [-0.15, -0.1) is 0 Å². The van der Waals surface area contributed by atoms with Crippen LogP contribution in [0.25, 0.3) is 11.5 Å². The summed E-state index contributed by atoms with van der Waals surface area (Å²) in [7, 11) is 0. The maximum absolute atomic E-state index is 11.5. The predicted molar refractivity (Wildman–Crippen MR) is 131 cm³/mol. The van der Waals surface area contributed by atoms with E-state index < -0.39 is 12.1 Å². The van der Waals surface area contributed by atoms with Crippen LogP contribution in [0.15, 0.2) is 46.9 Å². The Labute approximate surface area is 205 Å². The van der Waals surface area contributed by atoms with Crippen molar-refractivity contribution in [2.24, 2.45) is 0 Å². The molecule has 1 aromatic heterocycles. The van der Waals surface area contributed by atoms with Gasteiger partial charge in [0.2, 0.25) is 5.89 Å². The molecule has 3 aromatic rings. The Hall–Kier alpha value is -3.52. The summed E-state index contributed by atoms with van der Waals surface area (Å²) in [4.78, 5) is 16.1. The minimum absolute atomic E-state index is 0.106. The number of carbonyl (C=O) groups is 1. The van der Waals surface area contributed by atoms with E-state index in [0.29, 0.717) is 42.1 Å². The third-order valence-corrected chi connectivity index (χ3v) is 5.13. The van der Waals surface area contributed by atoms with Crippen LogP contribution in [0.5, 0.6) is 17.2 Å². The van der Waals surface area contributed by atoms with Crippen LogP contribution in [0.4, 0.5) is 0 Å². The first kappa shape index (κ1) is 26.1. The van der Waals surface area contributed by atoms with E-state index in [1.807, 2.05) is 52.0 Å². The largest absolute Gasteiger partial charge is 0.493 e. The van der Waals surface area contributed by atoms with Crippen molar-refractivity contribution in [3.63, 3.8) is 0 Å². The molecule has 188 valence electrons. The molecule has 0 bridgehead atoms. The van der Waals surface area contributed by atoms with Crippen LogP contribution >= 0.6 is 0 Å². The fraction of sp³-hybridized carbons (Fsp3) is 0.407. The maximum Gasteiger partial charge on any atom is 0.333 e. The molecule has 0 spiro atoms. The van der Waals surface area contributed by atoms with Crippen molar-refractivity contribution < 1.29 is 33.3 Å². The summed E-state index contributed by atoms with van der Waals surface area (Å²) >= 11 is 0. The van der Waals surface area contributed by atoms with Crippen molar-refractivity contribution in [2.45, 2.75) is 59.9 Å². The molecule has 0 fully saturated rings. The smallest absolute Gasteiger partial charge is 0.333 e. The second-order valence-corrected chi connectivity index (χ2v) is 8.19. The normalized spacial score (nSPS) is 11.9. The molecule has 2 aromatic carbocycles. The number of ether oxygens (including phenoxy) is 4. The van der Waals surface area contributed by atoms with Crippen LogP contribution in [-0.4, -0.2) is 41.5 Å². The van der Waals surface area contributed by atoms with Crippen LogP contribution in [-0.2, 0) is 22.6 Å². The predicted octanol–water partition coefficient (Wildman–Crippen LogP) is 5.45. The number of oxazole rings is 1. The van der Waals surface area contributed by atoms with Crippen LogP contribution in [0, 0.1) is 6.92 Å². The van der Waals surface area contributed by atoms with Gasteiger partial charge in [-0.05, 0) is 70.5 Å². The first-order valence-corrected chi connectivity index (χ1v) is 11.8. The summed E-state index contributed by atoms with van der Waals surface area (Å²) in [5, 5.41) is 9.40. The highest BCUT2D eigenvalue weighted by Gasteiger charge is 2.21. The van der Waals surface area contributed by atoms with Gasteiger partial charge >= 0.3 is 5.97 Å². The van der Waals surface area contributed by atoms with Crippen molar-refractivity contribution in [2.75, 3.05) is 13.2 Å². The first-order valence-electron chi connectivity index (χ1n) is 11.8. The fourth-order valence-electron chi connectivity index (χ4n) is 3.49. The molecule has 1 N–H and O–H groups in total. The second-order valence-electron chi connectivity index (χ2n) is 8.19. The number of nitrogens with zero attached hydrogens (tertiary/aromatic N) is 1. The van der Waals surface area contributed by atoms with Gasteiger partial charge in [-0.25, -0.2) is 9.78 Å². The third kappa shape index (κ3) is 7.23. The summed E-state index contributed by atoms with van der Waals surface area (Å²) in [6.07, 6.45) is -0.631. The Morgan fingerprint density at radius 3 is 2.37 bits per heavy atom. The van der Waals surface area contributed by atoms with Crippen molar-refractivity contribution in [3.8, 4) is 28.7 Å². The topological polar surface area (TPSA) is 100 Å². The Bertz CT molecular complexity index is 1110. The van der Waals surface area contributed by atoms with Gasteiger partial charge in [-0.3, -0.25) is 0 Å². The number of carboxylic acid groups (broad SMARTS) is 1. The lowest BCUT2D eigenvalue weighted by Crippen LogP contribution is -2.26. The Morgan fingerprint density at radius 2 is 1.74 bits per heavy atom. The molecule has 0 aliphatic heterocycles. The molecule has 1 unspecified atom stereocenters. The molecule has 8 nitrogen and oxygen atoms in total. The van der Waals surface area contributed by atoms with Crippen molar-refractivity contribution >= 4 is 5.97 Å². The fourth-order valence-corrected chi connectivity index (χ4v) is 3.49. The lowest BCUT2D eigenvalue weighted by atomic mass is 10.1. The molecule has 1 heterocycles. The maximum atomic E-state index is 11.5. The standard InChI is InChI=1S/C27H33NO7/c1-6-31-24-15-22(13-10-20(24)14-25(27(29)30)32-7-2)33-16-23-18(5)35-26(28-23)19-8-11-21(12-9-19)34-17(3)4/h8-13,15,17,25H,6-7,14,16H2,1-5H3,(H,29,30). The molecular weight excluding hydrogens is 450 g/mol. The monoisotopic (exact) mass is 483 g/mol. The molecule has 3 rings (SSSR count). The van der Waals surface area contributed by atoms with Gasteiger partial charge in [0.25, 0.3) is 0 Å². The molecular formula is C27H33NO7. The van der Waals surface area contributed by atoms with Crippen LogP contribution in [0.3, 0.4) is 0 Å². The number of aromatic nitrogens is 1. The Morgan fingerprint density at radius 1 is 1.03 bits per heavy atom. The van der Waals surface area contributed by atoms with Gasteiger partial charge in [0.15, 0.2) is 6.10 Å². The number of benzene rings is 2. The van der Waals surface area contributed by atoms with E-state index in [4.69, 9.17) is 23.4 Å². The molecule has 0 amide bonds. The van der Waals surface area contributed by atoms with Crippen LogP contribution in [0.1, 0.15) is 44.7 Å². The molecule has 0 saturated heterocycles. The van der Waals surface area contributed by atoms with Gasteiger partial charge < -0.3 is 28.5 Å². The van der Waals surface area contributed by atoms with Crippen LogP contribution < -0.4 is 14.2 Å². The average molecular weight is 484 g/mol. The van der Waals surface area contributed by atoms with E-state index in [1.54, 1.807) is 25.1 Å². The lowest BCUT2D eigenvalue weighted by Gasteiger charge is -2.16. The zero-order valence-corrected chi connectivity index (χ0v) is 20.9. The van der Waals surface area contributed by atoms with E-state index in [9.17, 15) is 9.90 Å². The lowest BCUT2D eigenvalue weighted by molar-refractivity contribution is -0.149. The number of hydrogen-bond donors (Lipinski definition) is 1. The Balaban J connectivity index is 1.70. The summed E-state index contributed by atoms with van der Waals surface area (Å²) in [6.45, 7) is 10.4. The van der Waals surface area contributed by atoms with Crippen molar-refractivity contribution in [3.05, 3.63) is 59.5 Å². The van der Waals surface area contributed by atoms with Gasteiger partial charge in [-0.2, -0.15) is 0 Å². The zero-order chi connectivity index (χ0) is 25.4. The average Bonchev–Trinajstić information content (AvgIpc) is 3.19. The number of hydrogen-bond acceptors (Lipinski definition) is 7. The molecule has 35 heavy (non-hydrogen) atoms. The summed E-state index contributed by atoms with van der Waals surface area (Å²) in [6, 6.07) is 12.9. The SMILES string of the molecule is CCOc1cc(OCc2nc(-c3ccc(OC(C)C)cc3)oc2C)ccc1CC(OCC)C(=O)O. The highest BCUT2D eigenvalue weighted by Crippen LogP contribution is 2.29. The highest BCUT2D eigenvalue weighted by molar-refractivity contribution is 5.73. The molecule has 0 radical (unpaired) electrons. The summed E-state index contributed by atoms with van der Waals surface area (Å²) in [5.41, 5.74) is 2.28. The van der Waals surface area contributed by atoms with E-state index in [2.05, 4.69) is 4.98 Å².